The zero-order valence-corrected chi connectivity index (χ0v) is 42.8. The van der Waals surface area contributed by atoms with Gasteiger partial charge in [0.1, 0.15) is 24.4 Å². The molecule has 0 bridgehead atoms. The molecule has 1 aliphatic heterocycles. The molecule has 6 N–H and O–H groups in total. The second-order valence-electron chi connectivity index (χ2n) is 18.6. The molecule has 1 fully saturated rings. The van der Waals surface area contributed by atoms with Crippen LogP contribution in [0.3, 0.4) is 0 Å². The minimum Gasteiger partial charge on any atom is -0.466 e. The average molecular weight is 958 g/mol. The molecule has 0 aromatic carbocycles. The van der Waals surface area contributed by atoms with Gasteiger partial charge in [0.25, 0.3) is 0 Å². The number of aliphatic hydroxyl groups excluding tert-OH is 5. The molecule has 392 valence electrons. The van der Waals surface area contributed by atoms with Crippen LogP contribution in [0.15, 0.2) is 72.9 Å². The van der Waals surface area contributed by atoms with E-state index in [9.17, 15) is 35.1 Å². The summed E-state index contributed by atoms with van der Waals surface area (Å²) in [4.78, 5) is 25.0. The van der Waals surface area contributed by atoms with Crippen LogP contribution in [0.25, 0.3) is 0 Å². The topological polar surface area (TPSA) is 175 Å². The molecule has 68 heavy (non-hydrogen) atoms. The molecular formula is C57H99NO10. The Morgan fingerprint density at radius 2 is 1.01 bits per heavy atom. The first-order valence-electron chi connectivity index (χ1n) is 27.2. The smallest absolute Gasteiger partial charge is 0.305 e. The zero-order chi connectivity index (χ0) is 49.6. The highest BCUT2D eigenvalue weighted by atomic mass is 16.7. The molecule has 1 saturated heterocycles. The first-order valence-corrected chi connectivity index (χ1v) is 27.2. The summed E-state index contributed by atoms with van der Waals surface area (Å²) in [6.07, 6.45) is 50.1. The summed E-state index contributed by atoms with van der Waals surface area (Å²) in [7, 11) is 0. The van der Waals surface area contributed by atoms with Crippen molar-refractivity contribution >= 4 is 11.9 Å². The summed E-state index contributed by atoms with van der Waals surface area (Å²) in [5.41, 5.74) is 0. The zero-order valence-electron chi connectivity index (χ0n) is 42.8. The van der Waals surface area contributed by atoms with Crippen molar-refractivity contribution in [3.05, 3.63) is 72.9 Å². The maximum Gasteiger partial charge on any atom is 0.305 e. The molecule has 0 aliphatic carbocycles. The summed E-state index contributed by atoms with van der Waals surface area (Å²) in [6, 6.07) is -0.872. The predicted octanol–water partition coefficient (Wildman–Crippen LogP) is 11.7. The largest absolute Gasteiger partial charge is 0.466 e. The van der Waals surface area contributed by atoms with Crippen molar-refractivity contribution in [2.45, 2.75) is 256 Å². The average Bonchev–Trinajstić information content (AvgIpc) is 3.33. The quantitative estimate of drug-likeness (QED) is 0.0196. The standard InChI is InChI=1S/C57H99NO10/c1-3-5-7-9-11-13-15-16-17-18-19-22-25-29-33-37-41-45-53(62)66-46-42-38-34-30-26-23-20-21-24-28-32-36-40-44-52(61)58-49(48-67-57-56(65)55(64)54(63)51(47-59)68-57)50(60)43-39-35-31-27-14-12-10-8-6-4-2/h11,13-14,16-17,21,24,27,32,36,39,43,49-51,54-57,59-60,63-65H,3-10,12,15,18-20,22-23,25-26,28-31,33-35,37-38,40-42,44-48H2,1-2H3,(H,58,61)/b13-11-,17-16-,24-21-,27-14+,36-32-,43-39+. The molecule has 0 aromatic rings. The molecule has 1 heterocycles. The molecule has 0 saturated carbocycles. The SMILES string of the molecule is CCCCC/C=C\C/C=C\CCCCCCCCCC(=O)OCCCCCCCC/C=C\C/C=C\CCC(=O)NC(COC1OC(CO)C(O)C(O)C1O)C(O)/C=C/CC/C=C/CCCCCC. The second-order valence-corrected chi connectivity index (χ2v) is 18.6. The lowest BCUT2D eigenvalue weighted by Gasteiger charge is -2.40. The summed E-state index contributed by atoms with van der Waals surface area (Å²) in [6.45, 7) is 4.14. The number of ether oxygens (including phenoxy) is 3. The lowest BCUT2D eigenvalue weighted by atomic mass is 9.99. The van der Waals surface area contributed by atoms with E-state index in [-0.39, 0.29) is 24.9 Å². The minimum atomic E-state index is -1.59. The van der Waals surface area contributed by atoms with Crippen LogP contribution in [-0.2, 0) is 23.8 Å². The van der Waals surface area contributed by atoms with Gasteiger partial charge in [0.05, 0.1) is 32.0 Å². The van der Waals surface area contributed by atoms with Crippen molar-refractivity contribution < 1.29 is 49.3 Å². The van der Waals surface area contributed by atoms with E-state index in [1.165, 1.54) is 103 Å². The fourth-order valence-corrected chi connectivity index (χ4v) is 7.88. The van der Waals surface area contributed by atoms with Crippen molar-refractivity contribution in [2.24, 2.45) is 0 Å². The van der Waals surface area contributed by atoms with Gasteiger partial charge >= 0.3 is 5.97 Å². The van der Waals surface area contributed by atoms with Crippen LogP contribution in [0.2, 0.25) is 0 Å². The van der Waals surface area contributed by atoms with E-state index >= 15 is 0 Å². The molecule has 7 atom stereocenters. The van der Waals surface area contributed by atoms with Gasteiger partial charge in [-0.25, -0.2) is 0 Å². The van der Waals surface area contributed by atoms with Crippen molar-refractivity contribution in [3.63, 3.8) is 0 Å². The van der Waals surface area contributed by atoms with Crippen LogP contribution < -0.4 is 5.32 Å². The Hall–Kier alpha value is -2.90. The lowest BCUT2D eigenvalue weighted by molar-refractivity contribution is -0.302. The molecule has 11 heteroatoms. The van der Waals surface area contributed by atoms with E-state index in [4.69, 9.17) is 14.2 Å². The number of esters is 1. The van der Waals surface area contributed by atoms with Crippen LogP contribution in [0.4, 0.5) is 0 Å². The number of amides is 1. The van der Waals surface area contributed by atoms with Crippen molar-refractivity contribution in [3.8, 4) is 0 Å². The van der Waals surface area contributed by atoms with Gasteiger partial charge in [-0.05, 0) is 96.3 Å². The van der Waals surface area contributed by atoms with E-state index in [2.05, 4.69) is 67.8 Å². The van der Waals surface area contributed by atoms with E-state index in [0.717, 1.165) is 77.0 Å². The van der Waals surface area contributed by atoms with Gasteiger partial charge in [-0.3, -0.25) is 9.59 Å². The number of hydrogen-bond acceptors (Lipinski definition) is 10. The van der Waals surface area contributed by atoms with Crippen molar-refractivity contribution in [2.75, 3.05) is 19.8 Å². The van der Waals surface area contributed by atoms with Crippen LogP contribution >= 0.6 is 0 Å². The number of aliphatic hydroxyl groups is 5. The molecule has 1 rings (SSSR count). The third kappa shape index (κ3) is 36.1. The van der Waals surface area contributed by atoms with Gasteiger partial charge in [-0.1, -0.05) is 177 Å². The molecule has 11 nitrogen and oxygen atoms in total. The highest BCUT2D eigenvalue weighted by molar-refractivity contribution is 5.76. The Labute approximate surface area is 413 Å². The Balaban J connectivity index is 2.16. The molecule has 0 radical (unpaired) electrons. The third-order valence-electron chi connectivity index (χ3n) is 12.3. The lowest BCUT2D eigenvalue weighted by Crippen LogP contribution is -2.60. The Bertz CT molecular complexity index is 1360. The second kappa shape index (κ2) is 46.5. The highest BCUT2D eigenvalue weighted by Crippen LogP contribution is 2.22. The van der Waals surface area contributed by atoms with E-state index in [1.807, 2.05) is 18.2 Å². The first-order chi connectivity index (χ1) is 33.2. The van der Waals surface area contributed by atoms with Crippen molar-refractivity contribution in [1.82, 2.24) is 5.32 Å². The minimum absolute atomic E-state index is 0.0497. The van der Waals surface area contributed by atoms with Crippen molar-refractivity contribution in [1.29, 1.82) is 0 Å². The Morgan fingerprint density at radius 1 is 0.544 bits per heavy atom. The monoisotopic (exact) mass is 958 g/mol. The number of carbonyl (C=O) groups excluding carboxylic acids is 2. The Kier molecular flexibility index (Phi) is 43.1. The number of allylic oxidation sites excluding steroid dienone is 11. The van der Waals surface area contributed by atoms with Gasteiger partial charge in [0, 0.05) is 12.8 Å². The van der Waals surface area contributed by atoms with E-state index < -0.39 is 49.5 Å². The maximum atomic E-state index is 12.9. The van der Waals surface area contributed by atoms with Gasteiger partial charge in [-0.2, -0.15) is 0 Å². The van der Waals surface area contributed by atoms with Crippen LogP contribution in [-0.4, -0.2) is 100 Å². The van der Waals surface area contributed by atoms with E-state index in [1.54, 1.807) is 6.08 Å². The number of rotatable bonds is 45. The summed E-state index contributed by atoms with van der Waals surface area (Å²) in [5, 5.41) is 54.0. The predicted molar refractivity (Wildman–Crippen MR) is 278 cm³/mol. The fraction of sp³-hybridized carbons (Fsp3) is 0.754. The fourth-order valence-electron chi connectivity index (χ4n) is 7.88. The van der Waals surface area contributed by atoms with Gasteiger partial charge in [-0.15, -0.1) is 0 Å². The molecule has 0 aromatic heterocycles. The number of hydrogen-bond donors (Lipinski definition) is 6. The number of carbonyl (C=O) groups is 2. The summed E-state index contributed by atoms with van der Waals surface area (Å²) >= 11 is 0. The molecule has 1 aliphatic rings. The molecule has 1 amide bonds. The maximum absolute atomic E-state index is 12.9. The van der Waals surface area contributed by atoms with Gasteiger partial charge < -0.3 is 45.1 Å². The normalized spacial score (nSPS) is 20.0. The number of unbranched alkanes of at least 4 members (excludes halogenated alkanes) is 21. The molecule has 7 unspecified atom stereocenters. The van der Waals surface area contributed by atoms with E-state index in [0.29, 0.717) is 19.4 Å². The molecule has 0 spiro atoms. The van der Waals surface area contributed by atoms with Crippen LogP contribution in [0, 0.1) is 0 Å². The highest BCUT2D eigenvalue weighted by Gasteiger charge is 2.44. The third-order valence-corrected chi connectivity index (χ3v) is 12.3. The summed E-state index contributed by atoms with van der Waals surface area (Å²) in [5.74, 6) is -0.327. The van der Waals surface area contributed by atoms with Crippen LogP contribution in [0.1, 0.15) is 213 Å². The van der Waals surface area contributed by atoms with Gasteiger partial charge in [0.15, 0.2) is 6.29 Å². The van der Waals surface area contributed by atoms with Crippen LogP contribution in [0.5, 0.6) is 0 Å². The Morgan fingerprint density at radius 3 is 1.60 bits per heavy atom. The number of nitrogens with one attached hydrogen (secondary N) is 1. The first kappa shape index (κ1) is 63.1. The summed E-state index contributed by atoms with van der Waals surface area (Å²) < 4.78 is 16.6. The molecular weight excluding hydrogens is 859 g/mol. The van der Waals surface area contributed by atoms with Gasteiger partial charge in [0.2, 0.25) is 5.91 Å².